The molecule has 0 aliphatic rings. The molecule has 0 saturated carbocycles. The zero-order chi connectivity index (χ0) is 21.6. The molecule has 0 saturated heterocycles. The number of nitrogens with one attached hydrogen (secondary N) is 5. The van der Waals surface area contributed by atoms with Gasteiger partial charge in [-0.15, -0.1) is 0 Å². The second-order valence-electron chi connectivity index (χ2n) is 7.10. The van der Waals surface area contributed by atoms with E-state index in [1.165, 1.54) is 5.39 Å². The van der Waals surface area contributed by atoms with Crippen LogP contribution in [-0.4, -0.2) is 42.0 Å². The molecular weight excluding hydrogens is 392 g/mol. The lowest BCUT2D eigenvalue weighted by atomic mass is 10.1. The standard InChI is InChI=1S/C23H24N6O2/c1-24-23(31)26-11-10-25-22(30)16-8-6-15(7-9-16)13-27-21-12-18-17-4-2-3-5-19(17)29-20(18)14-28-21/h2-9,12,14,29H,10-11,13H2,1H3,(H,25,30)(H,27,28)(H2,24,26,31). The van der Waals surface area contributed by atoms with Crippen molar-refractivity contribution in [1.82, 2.24) is 25.9 Å². The summed E-state index contributed by atoms with van der Waals surface area (Å²) in [5.41, 5.74) is 3.71. The summed E-state index contributed by atoms with van der Waals surface area (Å²) in [5.74, 6) is 0.618. The number of para-hydroxylation sites is 1. The van der Waals surface area contributed by atoms with Crippen molar-refractivity contribution >= 4 is 39.6 Å². The number of fused-ring (bicyclic) bond motifs is 3. The zero-order valence-electron chi connectivity index (χ0n) is 17.2. The Hall–Kier alpha value is -4.07. The molecule has 4 aromatic rings. The summed E-state index contributed by atoms with van der Waals surface area (Å²) in [6.45, 7) is 1.32. The maximum Gasteiger partial charge on any atom is 0.314 e. The summed E-state index contributed by atoms with van der Waals surface area (Å²) in [5, 5.41) is 13.5. The summed E-state index contributed by atoms with van der Waals surface area (Å²) in [6, 6.07) is 17.4. The first kappa shape index (κ1) is 20.2. The minimum absolute atomic E-state index is 0.176. The van der Waals surface area contributed by atoms with Crippen molar-refractivity contribution in [1.29, 1.82) is 0 Å². The van der Waals surface area contributed by atoms with Crippen LogP contribution in [0.3, 0.4) is 0 Å². The molecule has 0 fully saturated rings. The van der Waals surface area contributed by atoms with Gasteiger partial charge in [0.1, 0.15) is 5.82 Å². The van der Waals surface area contributed by atoms with Crippen molar-refractivity contribution in [3.63, 3.8) is 0 Å². The number of aromatic nitrogens is 2. The van der Waals surface area contributed by atoms with Crippen LogP contribution in [0.1, 0.15) is 15.9 Å². The van der Waals surface area contributed by atoms with Gasteiger partial charge in [0.2, 0.25) is 0 Å². The predicted molar refractivity (Wildman–Crippen MR) is 122 cm³/mol. The van der Waals surface area contributed by atoms with Crippen molar-refractivity contribution in [2.24, 2.45) is 0 Å². The van der Waals surface area contributed by atoms with Gasteiger partial charge in [0.05, 0.1) is 11.7 Å². The number of anilines is 1. The van der Waals surface area contributed by atoms with Crippen LogP contribution >= 0.6 is 0 Å². The van der Waals surface area contributed by atoms with Gasteiger partial charge < -0.3 is 26.3 Å². The number of urea groups is 1. The molecule has 3 amide bonds. The van der Waals surface area contributed by atoms with Crippen molar-refractivity contribution in [3.8, 4) is 0 Å². The molecule has 31 heavy (non-hydrogen) atoms. The number of nitrogens with zero attached hydrogens (tertiary/aromatic N) is 1. The number of benzene rings is 2. The lowest BCUT2D eigenvalue weighted by Crippen LogP contribution is -2.38. The smallest absolute Gasteiger partial charge is 0.314 e. The lowest BCUT2D eigenvalue weighted by Gasteiger charge is -2.08. The summed E-state index contributed by atoms with van der Waals surface area (Å²) < 4.78 is 0. The SMILES string of the molecule is CNC(=O)NCCNC(=O)c1ccc(CNc2cc3c(cn2)[nH]c2ccccc23)cc1. The first-order valence-corrected chi connectivity index (χ1v) is 10.1. The maximum atomic E-state index is 12.2. The highest BCUT2D eigenvalue weighted by Gasteiger charge is 2.07. The Kier molecular flexibility index (Phi) is 5.98. The number of amides is 3. The van der Waals surface area contributed by atoms with Crippen molar-refractivity contribution < 1.29 is 9.59 Å². The largest absolute Gasteiger partial charge is 0.366 e. The Morgan fingerprint density at radius 3 is 2.52 bits per heavy atom. The molecule has 5 N–H and O–H groups in total. The molecule has 0 aliphatic carbocycles. The average Bonchev–Trinajstić information content (AvgIpc) is 3.18. The summed E-state index contributed by atoms with van der Waals surface area (Å²) >= 11 is 0. The maximum absolute atomic E-state index is 12.2. The van der Waals surface area contributed by atoms with Crippen molar-refractivity contribution in [2.75, 3.05) is 25.5 Å². The van der Waals surface area contributed by atoms with Crippen LogP contribution in [0.5, 0.6) is 0 Å². The molecule has 0 spiro atoms. The van der Waals surface area contributed by atoms with Crippen LogP contribution < -0.4 is 21.3 Å². The first-order chi connectivity index (χ1) is 15.1. The predicted octanol–water partition coefficient (Wildman–Crippen LogP) is 2.99. The van der Waals surface area contributed by atoms with E-state index in [4.69, 9.17) is 0 Å². The highest BCUT2D eigenvalue weighted by Crippen LogP contribution is 2.26. The highest BCUT2D eigenvalue weighted by molar-refractivity contribution is 6.07. The molecule has 158 valence electrons. The number of hydrogen-bond donors (Lipinski definition) is 5. The third-order valence-electron chi connectivity index (χ3n) is 5.00. The molecule has 0 unspecified atom stereocenters. The average molecular weight is 416 g/mol. The quantitative estimate of drug-likeness (QED) is 0.298. The number of carbonyl (C=O) groups excluding carboxylic acids is 2. The molecule has 2 heterocycles. The van der Waals surface area contributed by atoms with Gasteiger partial charge >= 0.3 is 6.03 Å². The number of rotatable bonds is 7. The van der Waals surface area contributed by atoms with E-state index in [0.717, 1.165) is 27.8 Å². The second-order valence-corrected chi connectivity index (χ2v) is 7.10. The van der Waals surface area contributed by atoms with Gasteiger partial charge in [-0.3, -0.25) is 4.79 Å². The molecule has 0 bridgehead atoms. The molecule has 8 heteroatoms. The molecule has 0 atom stereocenters. The van der Waals surface area contributed by atoms with Gasteiger partial charge in [-0.05, 0) is 29.8 Å². The monoisotopic (exact) mass is 416 g/mol. The van der Waals surface area contributed by atoms with Gasteiger partial charge in [0.25, 0.3) is 5.91 Å². The zero-order valence-corrected chi connectivity index (χ0v) is 17.2. The Bertz CT molecular complexity index is 1220. The van der Waals surface area contributed by atoms with E-state index in [-0.39, 0.29) is 11.9 Å². The van der Waals surface area contributed by atoms with E-state index >= 15 is 0 Å². The van der Waals surface area contributed by atoms with Crippen LogP contribution in [-0.2, 0) is 6.54 Å². The number of carbonyl (C=O) groups is 2. The van der Waals surface area contributed by atoms with Crippen LogP contribution in [0, 0.1) is 0 Å². The van der Waals surface area contributed by atoms with Gasteiger partial charge in [-0.2, -0.15) is 0 Å². The first-order valence-electron chi connectivity index (χ1n) is 10.1. The molecule has 2 aromatic carbocycles. The Morgan fingerprint density at radius 1 is 0.935 bits per heavy atom. The normalized spacial score (nSPS) is 10.7. The Labute approximate surface area is 179 Å². The second kappa shape index (κ2) is 9.17. The molecule has 0 radical (unpaired) electrons. The molecule has 4 rings (SSSR count). The van der Waals surface area contributed by atoms with Gasteiger partial charge in [-0.1, -0.05) is 30.3 Å². The number of aromatic amines is 1. The van der Waals surface area contributed by atoms with Gasteiger partial charge in [0.15, 0.2) is 0 Å². The van der Waals surface area contributed by atoms with E-state index in [0.29, 0.717) is 25.2 Å². The minimum atomic E-state index is -0.274. The molecule has 0 aliphatic heterocycles. The third kappa shape index (κ3) is 4.75. The number of H-pyrrole nitrogens is 1. The highest BCUT2D eigenvalue weighted by atomic mass is 16.2. The topological polar surface area (TPSA) is 111 Å². The fourth-order valence-corrected chi connectivity index (χ4v) is 3.36. The Balaban J connectivity index is 1.33. The van der Waals surface area contributed by atoms with Crippen LogP contribution in [0.15, 0.2) is 60.8 Å². The van der Waals surface area contributed by atoms with E-state index < -0.39 is 0 Å². The van der Waals surface area contributed by atoms with E-state index in [9.17, 15) is 9.59 Å². The molecule has 8 nitrogen and oxygen atoms in total. The molecule has 2 aromatic heterocycles. The summed E-state index contributed by atoms with van der Waals surface area (Å²) in [7, 11) is 1.54. The van der Waals surface area contributed by atoms with E-state index in [2.05, 4.69) is 43.4 Å². The minimum Gasteiger partial charge on any atom is -0.366 e. The van der Waals surface area contributed by atoms with Crippen molar-refractivity contribution in [3.05, 3.63) is 71.9 Å². The lowest BCUT2D eigenvalue weighted by molar-refractivity contribution is 0.0954. The van der Waals surface area contributed by atoms with Gasteiger partial charge in [-0.25, -0.2) is 9.78 Å². The van der Waals surface area contributed by atoms with E-state index in [1.54, 1.807) is 19.2 Å². The van der Waals surface area contributed by atoms with Crippen LogP contribution in [0.4, 0.5) is 10.6 Å². The summed E-state index contributed by atoms with van der Waals surface area (Å²) in [4.78, 5) is 31.1. The fraction of sp³-hybridized carbons (Fsp3) is 0.174. The van der Waals surface area contributed by atoms with Crippen molar-refractivity contribution in [2.45, 2.75) is 6.54 Å². The Morgan fingerprint density at radius 2 is 1.71 bits per heavy atom. The van der Waals surface area contributed by atoms with Crippen LogP contribution in [0.2, 0.25) is 0 Å². The van der Waals surface area contributed by atoms with Crippen LogP contribution in [0.25, 0.3) is 21.8 Å². The summed E-state index contributed by atoms with van der Waals surface area (Å²) in [6.07, 6.45) is 1.84. The third-order valence-corrected chi connectivity index (χ3v) is 5.00. The van der Waals surface area contributed by atoms with E-state index in [1.807, 2.05) is 36.5 Å². The molecular formula is C23H24N6O2. The fourth-order valence-electron chi connectivity index (χ4n) is 3.36. The van der Waals surface area contributed by atoms with Gasteiger partial charge in [0, 0.05) is 48.5 Å². The number of hydrogen-bond acceptors (Lipinski definition) is 4. The number of pyridine rings is 1.